The number of aliphatic hydroxyl groups excluding tert-OH is 1. The van der Waals surface area contributed by atoms with Crippen molar-refractivity contribution in [2.45, 2.75) is 64.6 Å². The third kappa shape index (κ3) is 3.12. The van der Waals surface area contributed by atoms with Gasteiger partial charge in [0, 0.05) is 12.0 Å². The van der Waals surface area contributed by atoms with Crippen molar-refractivity contribution in [2.75, 3.05) is 0 Å². The molecule has 0 saturated carbocycles. The third-order valence-corrected chi connectivity index (χ3v) is 5.45. The lowest BCUT2D eigenvalue weighted by atomic mass is 9.88. The summed E-state index contributed by atoms with van der Waals surface area (Å²) < 4.78 is 12.3. The Kier molecular flexibility index (Phi) is 4.19. The summed E-state index contributed by atoms with van der Waals surface area (Å²) in [4.78, 5) is 0. The molecule has 2 aliphatic rings. The molecule has 4 rings (SSSR count). The van der Waals surface area contributed by atoms with Crippen LogP contribution in [-0.4, -0.2) is 17.3 Å². The van der Waals surface area contributed by atoms with Crippen LogP contribution in [0.25, 0.3) is 0 Å². The molecule has 1 spiro atoms. The van der Waals surface area contributed by atoms with E-state index in [9.17, 15) is 5.11 Å². The molecule has 0 bridgehead atoms. The van der Waals surface area contributed by atoms with Crippen LogP contribution >= 0.6 is 0 Å². The molecule has 2 aromatic rings. The van der Waals surface area contributed by atoms with E-state index in [1.807, 2.05) is 6.92 Å². The number of rotatable bonds is 2. The van der Waals surface area contributed by atoms with Gasteiger partial charge in [-0.1, -0.05) is 35.9 Å². The van der Waals surface area contributed by atoms with E-state index in [0.717, 1.165) is 12.0 Å². The maximum absolute atomic E-state index is 10.3. The van der Waals surface area contributed by atoms with Gasteiger partial charge in [0.25, 0.3) is 0 Å². The molecule has 2 aliphatic heterocycles. The van der Waals surface area contributed by atoms with Crippen molar-refractivity contribution in [2.24, 2.45) is 0 Å². The van der Waals surface area contributed by atoms with Crippen LogP contribution in [0.4, 0.5) is 0 Å². The number of hydrogen-bond donors (Lipinski definition) is 1. The molecule has 1 N–H and O–H groups in total. The molecule has 25 heavy (non-hydrogen) atoms. The zero-order chi connectivity index (χ0) is 17.6. The Balaban J connectivity index is 1.70. The van der Waals surface area contributed by atoms with Gasteiger partial charge in [-0.2, -0.15) is 0 Å². The Morgan fingerprint density at radius 1 is 1.16 bits per heavy atom. The predicted octanol–water partition coefficient (Wildman–Crippen LogP) is 4.14. The highest BCUT2D eigenvalue weighted by Crippen LogP contribution is 2.46. The lowest BCUT2D eigenvalue weighted by molar-refractivity contribution is -0.295. The Morgan fingerprint density at radius 3 is 2.64 bits per heavy atom. The minimum atomic E-state index is -0.776. The normalized spacial score (nSPS) is 28.3. The summed E-state index contributed by atoms with van der Waals surface area (Å²) in [5.41, 5.74) is 7.45. The summed E-state index contributed by atoms with van der Waals surface area (Å²) in [5.74, 6) is -0.776. The van der Waals surface area contributed by atoms with Gasteiger partial charge < -0.3 is 14.6 Å². The number of benzene rings is 2. The van der Waals surface area contributed by atoms with Crippen molar-refractivity contribution >= 4 is 0 Å². The molecular formula is C22H26O3. The van der Waals surface area contributed by atoms with Crippen LogP contribution in [0.1, 0.15) is 53.1 Å². The van der Waals surface area contributed by atoms with Crippen molar-refractivity contribution in [1.29, 1.82) is 0 Å². The molecule has 0 amide bonds. The van der Waals surface area contributed by atoms with E-state index in [2.05, 4.69) is 50.2 Å². The van der Waals surface area contributed by atoms with E-state index >= 15 is 0 Å². The number of aryl methyl sites for hydroxylation is 2. The van der Waals surface area contributed by atoms with E-state index in [1.54, 1.807) is 0 Å². The standard InChI is InChI=1S/C22H26O3/c1-14-4-6-17(7-5-14)10-18-11-21-19(8-15(18)2)13-24-22(21)12-20(23)9-16(3)25-22/h4-8,11,16,20,23H,9-10,12-13H2,1-3H3/t16?,20?,22-/m1/s1. The topological polar surface area (TPSA) is 38.7 Å². The van der Waals surface area contributed by atoms with Gasteiger partial charge >= 0.3 is 0 Å². The van der Waals surface area contributed by atoms with Crippen molar-refractivity contribution in [3.63, 3.8) is 0 Å². The highest BCUT2D eigenvalue weighted by Gasteiger charge is 2.47. The summed E-state index contributed by atoms with van der Waals surface area (Å²) in [6.07, 6.45) is 1.70. The largest absolute Gasteiger partial charge is 0.393 e. The molecule has 0 aromatic heterocycles. The quantitative estimate of drug-likeness (QED) is 0.894. The first-order valence-corrected chi connectivity index (χ1v) is 9.13. The number of fused-ring (bicyclic) bond motifs is 2. The molecular weight excluding hydrogens is 312 g/mol. The summed E-state index contributed by atoms with van der Waals surface area (Å²) in [6, 6.07) is 13.2. The lowest BCUT2D eigenvalue weighted by Crippen LogP contribution is -2.43. The molecule has 132 valence electrons. The highest BCUT2D eigenvalue weighted by atomic mass is 16.7. The SMILES string of the molecule is Cc1ccc(Cc2cc3c(cc2C)CO[C@@]32CC(O)CC(C)O2)cc1. The maximum Gasteiger partial charge on any atom is 0.198 e. The summed E-state index contributed by atoms with van der Waals surface area (Å²) in [7, 11) is 0. The Labute approximate surface area is 149 Å². The molecule has 2 aromatic carbocycles. The summed E-state index contributed by atoms with van der Waals surface area (Å²) >= 11 is 0. The molecule has 3 atom stereocenters. The lowest BCUT2D eigenvalue weighted by Gasteiger charge is -2.39. The first-order valence-electron chi connectivity index (χ1n) is 9.13. The molecule has 2 unspecified atom stereocenters. The van der Waals surface area contributed by atoms with Crippen LogP contribution in [0.15, 0.2) is 36.4 Å². The first-order chi connectivity index (χ1) is 11.9. The van der Waals surface area contributed by atoms with Gasteiger partial charge in [-0.25, -0.2) is 0 Å². The highest BCUT2D eigenvalue weighted by molar-refractivity contribution is 5.44. The van der Waals surface area contributed by atoms with Gasteiger partial charge in [-0.05, 0) is 61.9 Å². The average molecular weight is 338 g/mol. The molecule has 3 heteroatoms. The Morgan fingerprint density at radius 2 is 1.92 bits per heavy atom. The zero-order valence-corrected chi connectivity index (χ0v) is 15.2. The molecule has 3 nitrogen and oxygen atoms in total. The number of ether oxygens (including phenoxy) is 2. The van der Waals surface area contributed by atoms with Crippen LogP contribution in [-0.2, 0) is 28.3 Å². The van der Waals surface area contributed by atoms with E-state index in [-0.39, 0.29) is 12.2 Å². The van der Waals surface area contributed by atoms with Gasteiger partial charge in [0.15, 0.2) is 5.79 Å². The predicted molar refractivity (Wildman–Crippen MR) is 97.4 cm³/mol. The third-order valence-electron chi connectivity index (χ3n) is 5.45. The van der Waals surface area contributed by atoms with Crippen LogP contribution in [0.3, 0.4) is 0 Å². The number of aliphatic hydroxyl groups is 1. The molecule has 1 saturated heterocycles. The molecule has 0 aliphatic carbocycles. The van der Waals surface area contributed by atoms with Gasteiger partial charge in [-0.3, -0.25) is 0 Å². The Bertz CT molecular complexity index is 769. The molecule has 0 radical (unpaired) electrons. The Hall–Kier alpha value is -1.68. The fraction of sp³-hybridized carbons (Fsp3) is 0.455. The summed E-state index contributed by atoms with van der Waals surface area (Å²) in [6.45, 7) is 6.83. The maximum atomic E-state index is 10.3. The number of hydrogen-bond acceptors (Lipinski definition) is 3. The van der Waals surface area contributed by atoms with Crippen molar-refractivity contribution in [3.05, 3.63) is 69.8 Å². The van der Waals surface area contributed by atoms with Crippen LogP contribution in [0.2, 0.25) is 0 Å². The zero-order valence-electron chi connectivity index (χ0n) is 15.2. The summed E-state index contributed by atoms with van der Waals surface area (Å²) in [5, 5.41) is 10.3. The van der Waals surface area contributed by atoms with Gasteiger partial charge in [0.2, 0.25) is 0 Å². The monoisotopic (exact) mass is 338 g/mol. The van der Waals surface area contributed by atoms with Crippen LogP contribution < -0.4 is 0 Å². The van der Waals surface area contributed by atoms with E-state index in [1.165, 1.54) is 27.8 Å². The van der Waals surface area contributed by atoms with Gasteiger partial charge in [0.05, 0.1) is 18.8 Å². The van der Waals surface area contributed by atoms with E-state index < -0.39 is 5.79 Å². The smallest absolute Gasteiger partial charge is 0.198 e. The second-order valence-corrected chi connectivity index (χ2v) is 7.66. The van der Waals surface area contributed by atoms with Crippen molar-refractivity contribution in [3.8, 4) is 0 Å². The fourth-order valence-corrected chi connectivity index (χ4v) is 4.14. The van der Waals surface area contributed by atoms with Crippen LogP contribution in [0.5, 0.6) is 0 Å². The van der Waals surface area contributed by atoms with Crippen molar-refractivity contribution < 1.29 is 14.6 Å². The second kappa shape index (κ2) is 6.24. The van der Waals surface area contributed by atoms with Gasteiger partial charge in [-0.15, -0.1) is 0 Å². The minimum absolute atomic E-state index is 0.00319. The van der Waals surface area contributed by atoms with E-state index in [0.29, 0.717) is 19.4 Å². The van der Waals surface area contributed by atoms with Crippen molar-refractivity contribution in [1.82, 2.24) is 0 Å². The van der Waals surface area contributed by atoms with Gasteiger partial charge in [0.1, 0.15) is 0 Å². The molecule has 2 heterocycles. The van der Waals surface area contributed by atoms with Crippen LogP contribution in [0, 0.1) is 13.8 Å². The second-order valence-electron chi connectivity index (χ2n) is 7.66. The first kappa shape index (κ1) is 16.8. The average Bonchev–Trinajstić information content (AvgIpc) is 2.86. The fourth-order valence-electron chi connectivity index (χ4n) is 4.14. The van der Waals surface area contributed by atoms with E-state index in [4.69, 9.17) is 9.47 Å². The molecule has 1 fully saturated rings. The minimum Gasteiger partial charge on any atom is -0.393 e.